The first kappa shape index (κ1) is 19.3. The first-order valence-corrected chi connectivity index (χ1v) is 10.2. The molecule has 0 atom stereocenters. The van der Waals surface area contributed by atoms with Gasteiger partial charge in [0.25, 0.3) is 0 Å². The fourth-order valence-electron chi connectivity index (χ4n) is 3.55. The van der Waals surface area contributed by atoms with Gasteiger partial charge in [-0.05, 0) is 43.2 Å². The van der Waals surface area contributed by atoms with Crippen molar-refractivity contribution in [2.45, 2.75) is 18.8 Å². The van der Waals surface area contributed by atoms with E-state index in [0.717, 1.165) is 23.0 Å². The van der Waals surface area contributed by atoms with E-state index in [1.54, 1.807) is 29.4 Å². The molecule has 0 bridgehead atoms. The molecule has 0 aliphatic heterocycles. The Morgan fingerprint density at radius 3 is 2.68 bits per heavy atom. The molecule has 3 aromatic heterocycles. The van der Waals surface area contributed by atoms with Crippen molar-refractivity contribution in [2.75, 3.05) is 11.9 Å². The van der Waals surface area contributed by atoms with Crippen molar-refractivity contribution in [1.82, 2.24) is 24.5 Å². The highest BCUT2D eigenvalue weighted by Crippen LogP contribution is 2.39. The van der Waals surface area contributed by atoms with Crippen LogP contribution in [0.25, 0.3) is 22.2 Å². The number of hydrogen-bond donors (Lipinski definition) is 2. The van der Waals surface area contributed by atoms with Crippen LogP contribution < -0.4 is 10.5 Å². The average molecular weight is 431 g/mol. The molecule has 3 heterocycles. The summed E-state index contributed by atoms with van der Waals surface area (Å²) in [6.07, 6.45) is 8.68. The lowest BCUT2D eigenvalue weighted by Crippen LogP contribution is -2.26. The summed E-state index contributed by atoms with van der Waals surface area (Å²) in [6, 6.07) is 9.39. The molecule has 154 valence electrons. The minimum Gasteiger partial charge on any atom is -0.312 e. The molecule has 0 saturated heterocycles. The maximum Gasteiger partial charge on any atom is 0.229 e. The SMILES string of the molecule is CN(c1cncc(-c2ccc(C3CC3)nc2)n1)c1nc(=N)n(C=N)c2cc(Cl)ccc12. The van der Waals surface area contributed by atoms with Crippen molar-refractivity contribution in [2.24, 2.45) is 0 Å². The molecule has 1 aliphatic rings. The topological polar surface area (TPSA) is 107 Å². The molecule has 0 spiro atoms. The van der Waals surface area contributed by atoms with Gasteiger partial charge < -0.3 is 4.90 Å². The van der Waals surface area contributed by atoms with E-state index in [4.69, 9.17) is 27.4 Å². The molecule has 31 heavy (non-hydrogen) atoms. The Balaban J connectivity index is 1.57. The predicted octanol–water partition coefficient (Wildman–Crippen LogP) is 4.12. The molecule has 4 aromatic rings. The lowest BCUT2D eigenvalue weighted by molar-refractivity contribution is 0.910. The largest absolute Gasteiger partial charge is 0.312 e. The van der Waals surface area contributed by atoms with E-state index in [1.165, 1.54) is 17.4 Å². The van der Waals surface area contributed by atoms with Gasteiger partial charge in [0.1, 0.15) is 5.82 Å². The lowest BCUT2D eigenvalue weighted by Gasteiger charge is -2.20. The summed E-state index contributed by atoms with van der Waals surface area (Å²) in [5.41, 5.74) is 3.28. The summed E-state index contributed by atoms with van der Waals surface area (Å²) < 4.78 is 1.37. The molecule has 1 aromatic carbocycles. The minimum absolute atomic E-state index is 0.0735. The number of aromatic nitrogens is 5. The van der Waals surface area contributed by atoms with Crippen LogP contribution in [0.4, 0.5) is 11.6 Å². The Labute approximate surface area is 183 Å². The second kappa shape index (κ2) is 7.55. The zero-order chi connectivity index (χ0) is 21.5. The fraction of sp³-hybridized carbons (Fsp3) is 0.182. The van der Waals surface area contributed by atoms with E-state index in [0.29, 0.717) is 33.8 Å². The van der Waals surface area contributed by atoms with Gasteiger partial charge in [0.2, 0.25) is 5.62 Å². The second-order valence-corrected chi connectivity index (χ2v) is 7.92. The smallest absolute Gasteiger partial charge is 0.229 e. The van der Waals surface area contributed by atoms with Gasteiger partial charge in [-0.2, -0.15) is 4.98 Å². The standard InChI is InChI=1S/C22H19ClN8/c1-30(21-16-6-5-15(23)8-19(16)31(12-24)22(25)29-21)20-11-26-10-18(28-20)14-4-7-17(27-9-14)13-2-3-13/h4-13,24-25H,2-3H2,1H3. The first-order chi connectivity index (χ1) is 15.0. The van der Waals surface area contributed by atoms with E-state index in [1.807, 2.05) is 25.4 Å². The number of hydrogen-bond acceptors (Lipinski definition) is 7. The summed E-state index contributed by atoms with van der Waals surface area (Å²) in [6.45, 7) is 0. The van der Waals surface area contributed by atoms with Crippen molar-refractivity contribution in [3.8, 4) is 11.3 Å². The molecule has 0 radical (unpaired) electrons. The maximum absolute atomic E-state index is 8.24. The minimum atomic E-state index is -0.0735. The van der Waals surface area contributed by atoms with Crippen LogP contribution in [0, 0.1) is 10.8 Å². The maximum atomic E-state index is 8.24. The molecule has 0 unspecified atom stereocenters. The zero-order valence-corrected chi connectivity index (χ0v) is 17.5. The van der Waals surface area contributed by atoms with Crippen LogP contribution in [-0.4, -0.2) is 37.9 Å². The highest BCUT2D eigenvalue weighted by atomic mass is 35.5. The van der Waals surface area contributed by atoms with E-state index >= 15 is 0 Å². The third-order valence-corrected chi connectivity index (χ3v) is 5.63. The molecular formula is C22H19ClN8. The summed E-state index contributed by atoms with van der Waals surface area (Å²) in [5, 5.41) is 17.1. The van der Waals surface area contributed by atoms with Crippen LogP contribution in [0.5, 0.6) is 0 Å². The van der Waals surface area contributed by atoms with Gasteiger partial charge in [0, 0.05) is 40.8 Å². The Kier molecular flexibility index (Phi) is 4.71. The van der Waals surface area contributed by atoms with Gasteiger partial charge in [-0.1, -0.05) is 11.6 Å². The van der Waals surface area contributed by atoms with Crippen molar-refractivity contribution in [3.05, 3.63) is 65.3 Å². The zero-order valence-electron chi connectivity index (χ0n) is 16.7. The van der Waals surface area contributed by atoms with E-state index < -0.39 is 0 Å². The Morgan fingerprint density at radius 1 is 1.13 bits per heavy atom. The van der Waals surface area contributed by atoms with Crippen LogP contribution in [-0.2, 0) is 0 Å². The predicted molar refractivity (Wildman–Crippen MR) is 120 cm³/mol. The number of pyridine rings is 1. The highest BCUT2D eigenvalue weighted by molar-refractivity contribution is 6.31. The van der Waals surface area contributed by atoms with Crippen LogP contribution in [0.15, 0.2) is 48.9 Å². The average Bonchev–Trinajstić information content (AvgIpc) is 3.64. The van der Waals surface area contributed by atoms with E-state index in [-0.39, 0.29) is 5.62 Å². The Morgan fingerprint density at radius 2 is 1.97 bits per heavy atom. The molecule has 2 N–H and O–H groups in total. The number of nitrogens with zero attached hydrogens (tertiary/aromatic N) is 6. The third-order valence-electron chi connectivity index (χ3n) is 5.39. The molecule has 8 nitrogen and oxygen atoms in total. The number of anilines is 2. The van der Waals surface area contributed by atoms with Gasteiger partial charge in [-0.25, -0.2) is 4.98 Å². The van der Waals surface area contributed by atoms with Crippen molar-refractivity contribution >= 4 is 40.5 Å². The number of nitrogens with one attached hydrogen (secondary N) is 2. The molecule has 1 aliphatic carbocycles. The molecule has 1 saturated carbocycles. The molecule has 9 heteroatoms. The Bertz CT molecular complexity index is 1360. The molecular weight excluding hydrogens is 412 g/mol. The Hall–Kier alpha value is -3.65. The van der Waals surface area contributed by atoms with E-state index in [2.05, 4.69) is 21.0 Å². The fourth-order valence-corrected chi connectivity index (χ4v) is 3.72. The number of benzene rings is 1. The lowest BCUT2D eigenvalue weighted by atomic mass is 10.2. The van der Waals surface area contributed by atoms with Gasteiger partial charge in [-0.15, -0.1) is 0 Å². The summed E-state index contributed by atoms with van der Waals surface area (Å²) in [4.78, 5) is 19.9. The second-order valence-electron chi connectivity index (χ2n) is 7.49. The first-order valence-electron chi connectivity index (χ1n) is 9.84. The third kappa shape index (κ3) is 3.55. The normalized spacial score (nSPS) is 13.4. The molecule has 0 amide bonds. The van der Waals surface area contributed by atoms with Crippen LogP contribution in [0.2, 0.25) is 5.02 Å². The summed E-state index contributed by atoms with van der Waals surface area (Å²) in [5.74, 6) is 1.72. The van der Waals surface area contributed by atoms with Gasteiger partial charge in [-0.3, -0.25) is 25.4 Å². The van der Waals surface area contributed by atoms with Crippen molar-refractivity contribution in [1.29, 1.82) is 10.8 Å². The van der Waals surface area contributed by atoms with Crippen LogP contribution >= 0.6 is 11.6 Å². The van der Waals surface area contributed by atoms with Gasteiger partial charge >= 0.3 is 0 Å². The van der Waals surface area contributed by atoms with Crippen molar-refractivity contribution in [3.63, 3.8) is 0 Å². The monoisotopic (exact) mass is 430 g/mol. The van der Waals surface area contributed by atoms with Gasteiger partial charge in [0.15, 0.2) is 5.82 Å². The highest BCUT2D eigenvalue weighted by Gasteiger charge is 2.24. The number of halogens is 1. The van der Waals surface area contributed by atoms with Crippen LogP contribution in [0.3, 0.4) is 0 Å². The number of rotatable bonds is 5. The molecule has 5 rings (SSSR count). The van der Waals surface area contributed by atoms with Crippen molar-refractivity contribution < 1.29 is 0 Å². The number of fused-ring (bicyclic) bond motifs is 1. The van der Waals surface area contributed by atoms with Crippen LogP contribution in [0.1, 0.15) is 24.5 Å². The van der Waals surface area contributed by atoms with E-state index in [9.17, 15) is 0 Å². The van der Waals surface area contributed by atoms with Gasteiger partial charge in [0.05, 0.1) is 29.9 Å². The summed E-state index contributed by atoms with van der Waals surface area (Å²) >= 11 is 6.16. The molecule has 1 fully saturated rings. The quantitative estimate of drug-likeness (QED) is 0.365. The summed E-state index contributed by atoms with van der Waals surface area (Å²) in [7, 11) is 1.83.